The highest BCUT2D eigenvalue weighted by Crippen LogP contribution is 2.44. The SMILES string of the molecule is COc1cc(CNc2ncnc(-c3c(OC)ncnc3C3CC3)n2)ccc1-c1nc(C(F)(F)F)cn1C(C)C. The average Bonchev–Trinajstić information content (AvgIpc) is 3.67. The minimum Gasteiger partial charge on any atom is -0.496 e. The summed E-state index contributed by atoms with van der Waals surface area (Å²) in [5.41, 5.74) is 1.81. The lowest BCUT2D eigenvalue weighted by Crippen LogP contribution is -2.08. The Morgan fingerprint density at radius 1 is 1.03 bits per heavy atom. The molecule has 1 fully saturated rings. The monoisotopic (exact) mass is 540 g/mol. The van der Waals surface area contributed by atoms with E-state index >= 15 is 0 Å². The predicted molar refractivity (Wildman–Crippen MR) is 136 cm³/mol. The minimum absolute atomic E-state index is 0.182. The van der Waals surface area contributed by atoms with Crippen molar-refractivity contribution < 1.29 is 22.6 Å². The molecule has 0 bridgehead atoms. The van der Waals surface area contributed by atoms with E-state index < -0.39 is 11.9 Å². The number of aromatic nitrogens is 7. The third kappa shape index (κ3) is 5.47. The highest BCUT2D eigenvalue weighted by atomic mass is 19.4. The van der Waals surface area contributed by atoms with E-state index in [0.717, 1.165) is 30.3 Å². The Morgan fingerprint density at radius 2 is 1.79 bits per heavy atom. The number of hydrogen-bond donors (Lipinski definition) is 1. The van der Waals surface area contributed by atoms with Gasteiger partial charge in [0.1, 0.15) is 29.8 Å². The molecule has 1 N–H and O–H groups in total. The largest absolute Gasteiger partial charge is 0.496 e. The van der Waals surface area contributed by atoms with Gasteiger partial charge in [0.2, 0.25) is 11.8 Å². The van der Waals surface area contributed by atoms with Crippen LogP contribution < -0.4 is 14.8 Å². The number of methoxy groups -OCH3 is 2. The Bertz CT molecular complexity index is 1480. The fourth-order valence-corrected chi connectivity index (χ4v) is 4.25. The molecule has 0 radical (unpaired) electrons. The molecule has 0 spiro atoms. The Morgan fingerprint density at radius 3 is 2.46 bits per heavy atom. The molecule has 0 amide bonds. The van der Waals surface area contributed by atoms with E-state index in [9.17, 15) is 13.2 Å². The molecule has 3 heterocycles. The molecule has 0 aliphatic heterocycles. The van der Waals surface area contributed by atoms with Gasteiger partial charge in [-0.3, -0.25) is 0 Å². The van der Waals surface area contributed by atoms with Crippen LogP contribution in [0.15, 0.2) is 37.1 Å². The summed E-state index contributed by atoms with van der Waals surface area (Å²) in [5.74, 6) is 2.04. The van der Waals surface area contributed by atoms with Crippen molar-refractivity contribution in [1.29, 1.82) is 0 Å². The van der Waals surface area contributed by atoms with E-state index in [1.807, 2.05) is 0 Å². The van der Waals surface area contributed by atoms with E-state index in [1.54, 1.807) is 32.0 Å². The van der Waals surface area contributed by atoms with Crippen molar-refractivity contribution in [2.75, 3.05) is 19.5 Å². The number of nitrogens with one attached hydrogen (secondary N) is 1. The third-order valence-corrected chi connectivity index (χ3v) is 6.33. The standard InChI is InChI=1S/C26H27F3N8O2/c1-14(2)37-11-19(26(27,28)29)35-23(37)17-8-5-15(9-18(17)38-3)10-30-25-34-13-32-22(36-25)20-21(16-6-7-16)31-12-33-24(20)39-4/h5,8-9,11-14,16H,6-7,10H2,1-4H3,(H,30,32,34,36). The van der Waals surface area contributed by atoms with E-state index in [0.29, 0.717) is 47.0 Å². The minimum atomic E-state index is -4.55. The van der Waals surface area contributed by atoms with Crippen molar-refractivity contribution in [1.82, 2.24) is 34.5 Å². The molecule has 0 saturated heterocycles. The lowest BCUT2D eigenvalue weighted by Gasteiger charge is -2.15. The Balaban J connectivity index is 1.40. The average molecular weight is 541 g/mol. The maximum absolute atomic E-state index is 13.4. The summed E-state index contributed by atoms with van der Waals surface area (Å²) < 4.78 is 52.6. The van der Waals surface area contributed by atoms with Gasteiger partial charge in [0.15, 0.2) is 11.5 Å². The van der Waals surface area contributed by atoms with Crippen LogP contribution in [0.2, 0.25) is 0 Å². The van der Waals surface area contributed by atoms with Crippen LogP contribution in [-0.4, -0.2) is 48.7 Å². The number of hydrogen-bond acceptors (Lipinski definition) is 9. The van der Waals surface area contributed by atoms with E-state index in [4.69, 9.17) is 9.47 Å². The van der Waals surface area contributed by atoms with Gasteiger partial charge in [0.25, 0.3) is 0 Å². The number of halogens is 3. The highest BCUT2D eigenvalue weighted by Gasteiger charge is 2.36. The molecule has 0 atom stereocenters. The zero-order valence-electron chi connectivity index (χ0n) is 21.8. The smallest absolute Gasteiger partial charge is 0.434 e. The molecule has 13 heteroatoms. The Hall–Kier alpha value is -4.29. The van der Waals surface area contributed by atoms with Crippen LogP contribution in [-0.2, 0) is 12.7 Å². The number of alkyl halides is 3. The van der Waals surface area contributed by atoms with Gasteiger partial charge in [-0.05, 0) is 44.4 Å². The van der Waals surface area contributed by atoms with Crippen molar-refractivity contribution in [3.8, 4) is 34.4 Å². The van der Waals surface area contributed by atoms with Gasteiger partial charge < -0.3 is 19.4 Å². The van der Waals surface area contributed by atoms with Gasteiger partial charge in [-0.2, -0.15) is 18.2 Å². The molecular formula is C26H27F3N8O2. The third-order valence-electron chi connectivity index (χ3n) is 6.33. The number of imidazole rings is 1. The van der Waals surface area contributed by atoms with Gasteiger partial charge in [-0.1, -0.05) is 6.07 Å². The Kier molecular flexibility index (Phi) is 7.06. The summed E-state index contributed by atoms with van der Waals surface area (Å²) in [6.07, 6.45) is 1.43. The molecule has 3 aromatic heterocycles. The number of benzene rings is 1. The first-order chi connectivity index (χ1) is 18.7. The van der Waals surface area contributed by atoms with Gasteiger partial charge in [-0.15, -0.1) is 0 Å². The van der Waals surface area contributed by atoms with Crippen molar-refractivity contribution in [3.63, 3.8) is 0 Å². The molecule has 39 heavy (non-hydrogen) atoms. The topological polar surface area (TPSA) is 113 Å². The van der Waals surface area contributed by atoms with Crippen LogP contribution in [0.5, 0.6) is 11.6 Å². The quantitative estimate of drug-likeness (QED) is 0.302. The van der Waals surface area contributed by atoms with Crippen LogP contribution in [0.4, 0.5) is 19.1 Å². The maximum Gasteiger partial charge on any atom is 0.434 e. The molecule has 4 aromatic rings. The molecule has 1 aromatic carbocycles. The first-order valence-corrected chi connectivity index (χ1v) is 12.3. The summed E-state index contributed by atoms with van der Waals surface area (Å²) in [5, 5.41) is 3.17. The van der Waals surface area contributed by atoms with Crippen LogP contribution in [0.1, 0.15) is 55.6 Å². The molecule has 0 unspecified atom stereocenters. The van der Waals surface area contributed by atoms with Gasteiger partial charge >= 0.3 is 6.18 Å². The Labute approximate surface area is 222 Å². The second kappa shape index (κ2) is 10.5. The van der Waals surface area contributed by atoms with Crippen molar-refractivity contribution in [2.45, 2.75) is 51.4 Å². The second-order valence-electron chi connectivity index (χ2n) is 9.39. The number of rotatable bonds is 9. The fourth-order valence-electron chi connectivity index (χ4n) is 4.25. The number of nitrogens with zero attached hydrogens (tertiary/aromatic N) is 7. The first-order valence-electron chi connectivity index (χ1n) is 12.3. The van der Waals surface area contributed by atoms with Crippen molar-refractivity contribution in [3.05, 3.63) is 54.0 Å². The van der Waals surface area contributed by atoms with Crippen LogP contribution >= 0.6 is 0 Å². The predicted octanol–water partition coefficient (Wildman–Crippen LogP) is 5.30. The van der Waals surface area contributed by atoms with Crippen LogP contribution in [0.3, 0.4) is 0 Å². The number of anilines is 1. The molecule has 204 valence electrons. The fraction of sp³-hybridized carbons (Fsp3) is 0.385. The number of ether oxygens (including phenoxy) is 2. The zero-order chi connectivity index (χ0) is 27.7. The summed E-state index contributed by atoms with van der Waals surface area (Å²) in [7, 11) is 3.01. The summed E-state index contributed by atoms with van der Waals surface area (Å²) >= 11 is 0. The van der Waals surface area contributed by atoms with E-state index in [2.05, 4.69) is 35.2 Å². The normalized spacial score (nSPS) is 13.5. The molecule has 10 nitrogen and oxygen atoms in total. The second-order valence-corrected chi connectivity index (χ2v) is 9.39. The van der Waals surface area contributed by atoms with Crippen molar-refractivity contribution >= 4 is 5.95 Å². The summed E-state index contributed by atoms with van der Waals surface area (Å²) in [4.78, 5) is 25.6. The summed E-state index contributed by atoms with van der Waals surface area (Å²) in [6, 6.07) is 5.00. The highest BCUT2D eigenvalue weighted by molar-refractivity contribution is 5.67. The lowest BCUT2D eigenvalue weighted by molar-refractivity contribution is -0.140. The van der Waals surface area contributed by atoms with E-state index in [-0.39, 0.29) is 11.9 Å². The molecule has 1 saturated carbocycles. The van der Waals surface area contributed by atoms with Crippen LogP contribution in [0.25, 0.3) is 22.8 Å². The van der Waals surface area contributed by atoms with E-state index in [1.165, 1.54) is 31.4 Å². The van der Waals surface area contributed by atoms with Gasteiger partial charge in [0.05, 0.1) is 25.5 Å². The molecule has 5 rings (SSSR count). The lowest BCUT2D eigenvalue weighted by atomic mass is 10.1. The molecular weight excluding hydrogens is 513 g/mol. The molecule has 1 aliphatic carbocycles. The van der Waals surface area contributed by atoms with Crippen LogP contribution in [0, 0.1) is 0 Å². The van der Waals surface area contributed by atoms with Gasteiger partial charge in [-0.25, -0.2) is 24.9 Å². The molecule has 1 aliphatic rings. The maximum atomic E-state index is 13.4. The zero-order valence-corrected chi connectivity index (χ0v) is 21.8. The van der Waals surface area contributed by atoms with Crippen molar-refractivity contribution in [2.24, 2.45) is 0 Å². The van der Waals surface area contributed by atoms with Gasteiger partial charge in [0, 0.05) is 24.7 Å². The first kappa shape index (κ1) is 26.3. The summed E-state index contributed by atoms with van der Waals surface area (Å²) in [6.45, 7) is 3.91.